The quantitative estimate of drug-likeness (QED) is 0.106. The van der Waals surface area contributed by atoms with Crippen molar-refractivity contribution < 1.29 is 0 Å². The van der Waals surface area contributed by atoms with E-state index in [0.717, 1.165) is 22.7 Å². The standard InChI is InChI=1S/C54H40N2SSi/c1-6-18-41(19-7-1)42-30-32-44(33-31-42)55(46-36-39-52-54(40-46)57-53-29-17-16-28-51(53)56(52)43-20-8-2-9-21-43)45-34-37-50(38-35-45)58(47-22-10-3-11-23-47,48-24-12-4-13-25-48)49-26-14-5-15-27-49/h1-40H. The van der Waals surface area contributed by atoms with Gasteiger partial charge in [0.2, 0.25) is 0 Å². The van der Waals surface area contributed by atoms with Crippen LogP contribution in [0.1, 0.15) is 0 Å². The lowest BCUT2D eigenvalue weighted by Gasteiger charge is -2.35. The topological polar surface area (TPSA) is 6.48 Å². The molecule has 0 radical (unpaired) electrons. The van der Waals surface area contributed by atoms with Crippen molar-refractivity contribution in [2.75, 3.05) is 9.80 Å². The van der Waals surface area contributed by atoms with Crippen molar-refractivity contribution in [2.24, 2.45) is 0 Å². The summed E-state index contributed by atoms with van der Waals surface area (Å²) in [4.78, 5) is 7.25. The van der Waals surface area contributed by atoms with Crippen LogP contribution in [0, 0.1) is 0 Å². The van der Waals surface area contributed by atoms with Crippen molar-refractivity contribution in [2.45, 2.75) is 9.79 Å². The maximum absolute atomic E-state index is 2.68. The lowest BCUT2D eigenvalue weighted by atomic mass is 10.0. The summed E-state index contributed by atoms with van der Waals surface area (Å²) in [5.41, 5.74) is 9.25. The third-order valence-corrected chi connectivity index (χ3v) is 17.1. The van der Waals surface area contributed by atoms with Gasteiger partial charge in [-0.1, -0.05) is 188 Å². The number of para-hydroxylation sites is 2. The first-order chi connectivity index (χ1) is 28.8. The molecule has 0 fully saturated rings. The fraction of sp³-hybridized carbons (Fsp3) is 0. The molecule has 2 nitrogen and oxygen atoms in total. The summed E-state index contributed by atoms with van der Waals surface area (Å²) in [5, 5.41) is 5.44. The smallest absolute Gasteiger partial charge is 0.179 e. The van der Waals surface area contributed by atoms with Crippen LogP contribution in [0.15, 0.2) is 252 Å². The molecule has 276 valence electrons. The van der Waals surface area contributed by atoms with Gasteiger partial charge >= 0.3 is 0 Å². The van der Waals surface area contributed by atoms with Crippen molar-refractivity contribution in [1.29, 1.82) is 0 Å². The number of benzene rings is 9. The van der Waals surface area contributed by atoms with Crippen LogP contribution in [-0.4, -0.2) is 8.07 Å². The zero-order chi connectivity index (χ0) is 38.7. The molecular weight excluding hydrogens is 737 g/mol. The highest BCUT2D eigenvalue weighted by atomic mass is 32.2. The lowest BCUT2D eigenvalue weighted by molar-refractivity contribution is 1.16. The normalized spacial score (nSPS) is 12.0. The average Bonchev–Trinajstić information content (AvgIpc) is 3.31. The molecular formula is C54H40N2SSi. The summed E-state index contributed by atoms with van der Waals surface area (Å²) in [5.74, 6) is 0. The highest BCUT2D eigenvalue weighted by molar-refractivity contribution is 7.99. The minimum Gasteiger partial charge on any atom is -0.310 e. The molecule has 0 aromatic heterocycles. The largest absolute Gasteiger partial charge is 0.310 e. The van der Waals surface area contributed by atoms with Crippen LogP contribution in [0.25, 0.3) is 11.1 Å². The Hall–Kier alpha value is -6.85. The Morgan fingerprint density at radius 1 is 0.328 bits per heavy atom. The SMILES string of the molecule is c1ccc(-c2ccc(N(c3ccc([Si](c4ccccc4)(c4ccccc4)c4ccccc4)cc3)c3ccc4c(c3)Sc3ccccc3N4c3ccccc3)cc2)cc1. The van der Waals surface area contributed by atoms with Crippen molar-refractivity contribution in [1.82, 2.24) is 0 Å². The molecule has 0 aliphatic carbocycles. The van der Waals surface area contributed by atoms with E-state index in [0.29, 0.717) is 0 Å². The van der Waals surface area contributed by atoms with E-state index in [-0.39, 0.29) is 0 Å². The van der Waals surface area contributed by atoms with E-state index in [9.17, 15) is 0 Å². The van der Waals surface area contributed by atoms with Gasteiger partial charge in [0.1, 0.15) is 0 Å². The highest BCUT2D eigenvalue weighted by Gasteiger charge is 2.41. The van der Waals surface area contributed by atoms with Crippen LogP contribution >= 0.6 is 11.8 Å². The van der Waals surface area contributed by atoms with Gasteiger partial charge in [0.05, 0.1) is 11.4 Å². The van der Waals surface area contributed by atoms with Crippen LogP contribution < -0.4 is 30.5 Å². The molecule has 9 aromatic rings. The summed E-state index contributed by atoms with van der Waals surface area (Å²) in [6.45, 7) is 0. The van der Waals surface area contributed by atoms with Gasteiger partial charge in [-0.25, -0.2) is 0 Å². The van der Waals surface area contributed by atoms with Gasteiger partial charge in [-0.15, -0.1) is 0 Å². The third kappa shape index (κ3) is 6.43. The number of rotatable bonds is 9. The van der Waals surface area contributed by atoms with Gasteiger partial charge in [-0.05, 0) is 98.6 Å². The molecule has 0 saturated heterocycles. The molecule has 1 aliphatic rings. The first kappa shape index (κ1) is 35.6. The van der Waals surface area contributed by atoms with E-state index < -0.39 is 8.07 Å². The van der Waals surface area contributed by atoms with E-state index in [1.807, 2.05) is 11.8 Å². The predicted octanol–water partition coefficient (Wildman–Crippen LogP) is 12.1. The molecule has 0 atom stereocenters. The number of hydrogen-bond acceptors (Lipinski definition) is 3. The molecule has 0 N–H and O–H groups in total. The Bertz CT molecular complexity index is 2680. The number of hydrogen-bond donors (Lipinski definition) is 0. The fourth-order valence-electron chi connectivity index (χ4n) is 8.55. The van der Waals surface area contributed by atoms with E-state index in [2.05, 4.69) is 252 Å². The first-order valence-corrected chi connectivity index (χ1v) is 22.6. The molecule has 0 spiro atoms. The molecule has 4 heteroatoms. The second-order valence-corrected chi connectivity index (χ2v) is 19.4. The van der Waals surface area contributed by atoms with Crippen LogP contribution in [0.5, 0.6) is 0 Å². The average molecular weight is 777 g/mol. The summed E-state index contributed by atoms with van der Waals surface area (Å²) in [6, 6.07) is 88.8. The summed E-state index contributed by atoms with van der Waals surface area (Å²) < 4.78 is 0. The maximum atomic E-state index is 2.41. The molecule has 0 saturated carbocycles. The number of anilines is 6. The van der Waals surface area contributed by atoms with Gasteiger partial charge < -0.3 is 9.80 Å². The van der Waals surface area contributed by atoms with Crippen molar-refractivity contribution >= 4 is 74.7 Å². The molecule has 0 amide bonds. The molecule has 1 heterocycles. The van der Waals surface area contributed by atoms with Crippen LogP contribution in [0.2, 0.25) is 0 Å². The van der Waals surface area contributed by atoms with E-state index in [1.165, 1.54) is 53.0 Å². The van der Waals surface area contributed by atoms with Crippen LogP contribution in [-0.2, 0) is 0 Å². The van der Waals surface area contributed by atoms with Crippen molar-refractivity contribution in [3.05, 3.63) is 243 Å². The van der Waals surface area contributed by atoms with Gasteiger partial charge in [0.25, 0.3) is 0 Å². The predicted molar refractivity (Wildman–Crippen MR) is 249 cm³/mol. The maximum Gasteiger partial charge on any atom is 0.179 e. The van der Waals surface area contributed by atoms with E-state index in [4.69, 9.17) is 0 Å². The highest BCUT2D eigenvalue weighted by Crippen LogP contribution is 2.53. The minimum absolute atomic E-state index is 1.10. The van der Waals surface area contributed by atoms with Gasteiger partial charge in [0, 0.05) is 32.5 Å². The Morgan fingerprint density at radius 3 is 1.31 bits per heavy atom. The molecule has 1 aliphatic heterocycles. The Kier molecular flexibility index (Phi) is 9.56. The Labute approximate surface area is 346 Å². The Morgan fingerprint density at radius 2 is 0.741 bits per heavy atom. The second-order valence-electron chi connectivity index (χ2n) is 14.5. The monoisotopic (exact) mass is 776 g/mol. The van der Waals surface area contributed by atoms with Crippen LogP contribution in [0.3, 0.4) is 0 Å². The second kappa shape index (κ2) is 15.6. The number of nitrogens with zero attached hydrogens (tertiary/aromatic N) is 2. The first-order valence-electron chi connectivity index (χ1n) is 19.8. The van der Waals surface area contributed by atoms with Gasteiger partial charge in [-0.2, -0.15) is 0 Å². The number of fused-ring (bicyclic) bond motifs is 2. The summed E-state index contributed by atoms with van der Waals surface area (Å²) in [6.07, 6.45) is 0. The van der Waals surface area contributed by atoms with Crippen molar-refractivity contribution in [3.8, 4) is 11.1 Å². The molecule has 58 heavy (non-hydrogen) atoms. The summed E-state index contributed by atoms with van der Waals surface area (Å²) in [7, 11) is -2.68. The lowest BCUT2D eigenvalue weighted by Crippen LogP contribution is -2.74. The molecule has 9 aromatic carbocycles. The third-order valence-electron chi connectivity index (χ3n) is 11.2. The zero-order valence-corrected chi connectivity index (χ0v) is 33.7. The van der Waals surface area contributed by atoms with Gasteiger partial charge in [0.15, 0.2) is 8.07 Å². The van der Waals surface area contributed by atoms with Crippen LogP contribution in [0.4, 0.5) is 34.1 Å². The molecule has 0 unspecified atom stereocenters. The minimum atomic E-state index is -2.68. The summed E-state index contributed by atoms with van der Waals surface area (Å²) >= 11 is 1.84. The zero-order valence-electron chi connectivity index (χ0n) is 31.9. The van der Waals surface area contributed by atoms with Crippen molar-refractivity contribution in [3.63, 3.8) is 0 Å². The fourth-order valence-corrected chi connectivity index (χ4v) is 14.4. The van der Waals surface area contributed by atoms with Gasteiger partial charge in [-0.3, -0.25) is 0 Å². The van der Waals surface area contributed by atoms with E-state index in [1.54, 1.807) is 0 Å². The van der Waals surface area contributed by atoms with E-state index >= 15 is 0 Å². The molecule has 10 rings (SSSR count). The molecule has 0 bridgehead atoms. The Balaban J connectivity index is 1.13.